The van der Waals surface area contributed by atoms with E-state index in [1.54, 1.807) is 12.1 Å². The largest absolute Gasteiger partial charge is 0.388 e. The van der Waals surface area contributed by atoms with Crippen LogP contribution in [0.4, 0.5) is 4.39 Å². The number of aromatic nitrogens is 1. The normalized spacial score (nSPS) is 20.2. The van der Waals surface area contributed by atoms with Gasteiger partial charge in [-0.2, -0.15) is 0 Å². The van der Waals surface area contributed by atoms with Crippen LogP contribution >= 0.6 is 0 Å². The zero-order valence-corrected chi connectivity index (χ0v) is 18.3. The van der Waals surface area contributed by atoms with Gasteiger partial charge >= 0.3 is 0 Å². The molecule has 0 radical (unpaired) electrons. The Labute approximate surface area is 174 Å². The number of benzene rings is 1. The number of halogens is 1. The van der Waals surface area contributed by atoms with Crippen molar-refractivity contribution in [1.82, 2.24) is 4.98 Å². The maximum absolute atomic E-state index is 13.4. The van der Waals surface area contributed by atoms with E-state index in [1.807, 2.05) is 6.92 Å². The fourth-order valence-electron chi connectivity index (χ4n) is 4.90. The van der Waals surface area contributed by atoms with Crippen LogP contribution in [0.3, 0.4) is 0 Å². The molecule has 0 saturated heterocycles. The Balaban J connectivity index is 2.22. The van der Waals surface area contributed by atoms with Crippen LogP contribution in [0.15, 0.2) is 24.3 Å². The number of hydrogen-bond donors (Lipinski definition) is 2. The zero-order chi connectivity index (χ0) is 21.3. The van der Waals surface area contributed by atoms with Crippen molar-refractivity contribution < 1.29 is 14.6 Å². The Kier molecular flexibility index (Phi) is 6.45. The van der Waals surface area contributed by atoms with Gasteiger partial charge in [0.1, 0.15) is 11.9 Å². The number of pyridine rings is 1. The Morgan fingerprint density at radius 3 is 2.45 bits per heavy atom. The Morgan fingerprint density at radius 1 is 1.21 bits per heavy atom. The topological polar surface area (TPSA) is 53.4 Å². The highest BCUT2D eigenvalue weighted by atomic mass is 19.1. The van der Waals surface area contributed by atoms with Gasteiger partial charge in [-0.05, 0) is 61.3 Å². The van der Waals surface area contributed by atoms with Gasteiger partial charge in [0, 0.05) is 22.7 Å². The average molecular weight is 400 g/mol. The highest BCUT2D eigenvalue weighted by Crippen LogP contribution is 2.45. The second-order valence-electron chi connectivity index (χ2n) is 9.30. The number of aliphatic hydroxyl groups is 2. The molecule has 1 heterocycles. The molecule has 0 aliphatic heterocycles. The molecule has 0 amide bonds. The SMILES string of the molecule is CCCC(CC)c1nc2c(c(C)c1[C@@H](O)c1ccc(F)cc1)C(O)CC(C)(C)C2. The molecule has 1 aliphatic carbocycles. The van der Waals surface area contributed by atoms with E-state index < -0.39 is 12.2 Å². The van der Waals surface area contributed by atoms with Gasteiger partial charge in [0.25, 0.3) is 0 Å². The lowest BCUT2D eigenvalue weighted by molar-refractivity contribution is 0.0967. The molecule has 1 aromatic heterocycles. The highest BCUT2D eigenvalue weighted by Gasteiger charge is 2.36. The van der Waals surface area contributed by atoms with Crippen LogP contribution in [-0.2, 0) is 6.42 Å². The Morgan fingerprint density at radius 2 is 1.86 bits per heavy atom. The first-order chi connectivity index (χ1) is 13.7. The number of aliphatic hydroxyl groups excluding tert-OH is 2. The predicted molar refractivity (Wildman–Crippen MR) is 114 cm³/mol. The summed E-state index contributed by atoms with van der Waals surface area (Å²) in [6, 6.07) is 6.01. The molecule has 0 bridgehead atoms. The molecular formula is C25H34FNO2. The molecule has 2 unspecified atom stereocenters. The van der Waals surface area contributed by atoms with E-state index in [-0.39, 0.29) is 17.2 Å². The minimum absolute atomic E-state index is 0.00726. The van der Waals surface area contributed by atoms with Crippen molar-refractivity contribution in [3.63, 3.8) is 0 Å². The molecule has 2 N–H and O–H groups in total. The van der Waals surface area contributed by atoms with Gasteiger partial charge in [-0.25, -0.2) is 4.39 Å². The lowest BCUT2D eigenvalue weighted by Crippen LogP contribution is -2.29. The monoisotopic (exact) mass is 399 g/mol. The first-order valence-electron chi connectivity index (χ1n) is 10.8. The maximum atomic E-state index is 13.4. The van der Waals surface area contributed by atoms with Crippen molar-refractivity contribution >= 4 is 0 Å². The van der Waals surface area contributed by atoms with E-state index in [0.717, 1.165) is 53.8 Å². The number of nitrogens with zero attached hydrogens (tertiary/aromatic N) is 1. The average Bonchev–Trinajstić information content (AvgIpc) is 2.64. The Bertz CT molecular complexity index is 860. The first-order valence-corrected chi connectivity index (χ1v) is 10.8. The van der Waals surface area contributed by atoms with Crippen molar-refractivity contribution in [2.24, 2.45) is 5.41 Å². The summed E-state index contributed by atoms with van der Waals surface area (Å²) in [4.78, 5) is 5.08. The lowest BCUT2D eigenvalue weighted by Gasteiger charge is -2.37. The second-order valence-corrected chi connectivity index (χ2v) is 9.30. The molecule has 2 aromatic rings. The van der Waals surface area contributed by atoms with Crippen LogP contribution in [0.2, 0.25) is 0 Å². The third kappa shape index (κ3) is 4.39. The number of hydrogen-bond acceptors (Lipinski definition) is 3. The molecule has 0 spiro atoms. The summed E-state index contributed by atoms with van der Waals surface area (Å²) in [5, 5.41) is 22.2. The van der Waals surface area contributed by atoms with Crippen LogP contribution in [0.5, 0.6) is 0 Å². The van der Waals surface area contributed by atoms with Crippen LogP contribution in [-0.4, -0.2) is 15.2 Å². The molecule has 1 aliphatic rings. The van der Waals surface area contributed by atoms with Crippen LogP contribution in [0.1, 0.15) is 105 Å². The molecule has 29 heavy (non-hydrogen) atoms. The predicted octanol–water partition coefficient (Wildman–Crippen LogP) is 5.91. The summed E-state index contributed by atoms with van der Waals surface area (Å²) in [5.41, 5.74) is 5.13. The van der Waals surface area contributed by atoms with Gasteiger partial charge in [-0.3, -0.25) is 4.98 Å². The molecule has 3 atom stereocenters. The Hall–Kier alpha value is -1.78. The van der Waals surface area contributed by atoms with Crippen molar-refractivity contribution in [2.45, 2.75) is 84.8 Å². The molecule has 1 aromatic carbocycles. The third-order valence-electron chi connectivity index (χ3n) is 6.35. The number of fused-ring (bicyclic) bond motifs is 1. The summed E-state index contributed by atoms with van der Waals surface area (Å²) in [5.74, 6) is -0.0761. The highest BCUT2D eigenvalue weighted by molar-refractivity contribution is 5.47. The van der Waals surface area contributed by atoms with E-state index in [2.05, 4.69) is 27.7 Å². The smallest absolute Gasteiger partial charge is 0.123 e. The van der Waals surface area contributed by atoms with E-state index in [1.165, 1.54) is 12.1 Å². The summed E-state index contributed by atoms with van der Waals surface area (Å²) in [7, 11) is 0. The van der Waals surface area contributed by atoms with E-state index >= 15 is 0 Å². The maximum Gasteiger partial charge on any atom is 0.123 e. The van der Waals surface area contributed by atoms with E-state index in [9.17, 15) is 14.6 Å². The third-order valence-corrected chi connectivity index (χ3v) is 6.35. The second kappa shape index (κ2) is 8.53. The van der Waals surface area contributed by atoms with Crippen molar-refractivity contribution in [3.05, 3.63) is 63.7 Å². The molecule has 0 fully saturated rings. The minimum Gasteiger partial charge on any atom is -0.388 e. The number of rotatable bonds is 6. The van der Waals surface area contributed by atoms with Crippen LogP contribution < -0.4 is 0 Å². The molecule has 3 rings (SSSR count). The van der Waals surface area contributed by atoms with Crippen molar-refractivity contribution in [1.29, 1.82) is 0 Å². The zero-order valence-electron chi connectivity index (χ0n) is 18.3. The van der Waals surface area contributed by atoms with E-state index in [0.29, 0.717) is 12.0 Å². The van der Waals surface area contributed by atoms with Crippen molar-refractivity contribution in [3.8, 4) is 0 Å². The summed E-state index contributed by atoms with van der Waals surface area (Å²) >= 11 is 0. The quantitative estimate of drug-likeness (QED) is 0.635. The van der Waals surface area contributed by atoms with Gasteiger partial charge in [-0.1, -0.05) is 46.2 Å². The standard InChI is InChI=1S/C25H34FNO2/c1-6-8-16(7-2)23-22(24(29)17-9-11-18(26)12-10-17)15(3)21-19(27-23)13-25(4,5)14-20(21)28/h9-12,16,20,24,28-29H,6-8,13-14H2,1-5H3/t16?,20?,24-/m0/s1. The van der Waals surface area contributed by atoms with Gasteiger partial charge in [0.15, 0.2) is 0 Å². The summed E-state index contributed by atoms with van der Waals surface area (Å²) < 4.78 is 13.4. The molecule has 0 saturated carbocycles. The summed E-state index contributed by atoms with van der Waals surface area (Å²) in [6.45, 7) is 10.6. The first kappa shape index (κ1) is 21.9. The fourth-order valence-corrected chi connectivity index (χ4v) is 4.90. The van der Waals surface area contributed by atoms with Crippen LogP contribution in [0.25, 0.3) is 0 Å². The molecule has 3 nitrogen and oxygen atoms in total. The lowest BCUT2D eigenvalue weighted by atomic mass is 9.72. The van der Waals surface area contributed by atoms with Gasteiger partial charge in [0.2, 0.25) is 0 Å². The van der Waals surface area contributed by atoms with Gasteiger partial charge in [-0.15, -0.1) is 0 Å². The molecule has 4 heteroatoms. The van der Waals surface area contributed by atoms with Crippen molar-refractivity contribution in [2.75, 3.05) is 0 Å². The molecule has 158 valence electrons. The van der Waals surface area contributed by atoms with E-state index in [4.69, 9.17) is 4.98 Å². The molecular weight excluding hydrogens is 365 g/mol. The van der Waals surface area contributed by atoms with Gasteiger partial charge in [0.05, 0.1) is 11.8 Å². The minimum atomic E-state index is -0.892. The summed E-state index contributed by atoms with van der Waals surface area (Å²) in [6.07, 6.45) is 3.00. The fraction of sp³-hybridized carbons (Fsp3) is 0.560. The van der Waals surface area contributed by atoms with Crippen LogP contribution in [0, 0.1) is 18.2 Å². The van der Waals surface area contributed by atoms with Gasteiger partial charge < -0.3 is 10.2 Å².